The van der Waals surface area contributed by atoms with Gasteiger partial charge >= 0.3 is 0 Å². The van der Waals surface area contributed by atoms with Crippen molar-refractivity contribution in [2.45, 2.75) is 0 Å². The highest BCUT2D eigenvalue weighted by atomic mass is 32.1. The SMILES string of the molecule is c1ccc(-c2ccc(N(c3ccc4ccccc4c3)c3cc(N(c4ccccc4)c4ccc5ccc(-c6ccc(-c7ccc8cc(N(c9ccccc9)c9cc(N(c%10ccccc%10)c%10ccc%11c(-c%12ccccc%12)cccc%11c%10)c%10sc%11ccc%12ccccc%12c%11c%10c9)cc(-c9ccccc9)c8c7)cc6)cc5c4)c4sc5c6ccccc6ccc5c4c3)cc2)cc1. The van der Waals surface area contributed by atoms with Crippen LogP contribution in [0.5, 0.6) is 0 Å². The average molecular weight is 1640 g/mol. The molecule has 0 radical (unpaired) electrons. The summed E-state index contributed by atoms with van der Waals surface area (Å²) in [6, 6.07) is 175. The Balaban J connectivity index is 0.617. The molecule has 0 aliphatic heterocycles. The lowest BCUT2D eigenvalue weighted by atomic mass is 9.93. The molecule has 0 saturated heterocycles. The molecule has 0 aliphatic rings. The summed E-state index contributed by atoms with van der Waals surface area (Å²) in [5, 5.41) is 19.3. The summed E-state index contributed by atoms with van der Waals surface area (Å²) < 4.78 is 4.95. The highest BCUT2D eigenvalue weighted by Crippen LogP contribution is 2.55. The van der Waals surface area contributed by atoms with Crippen molar-refractivity contribution in [1.82, 2.24) is 0 Å². The first-order valence-electron chi connectivity index (χ1n) is 43.1. The lowest BCUT2D eigenvalue weighted by Gasteiger charge is -2.31. The van der Waals surface area contributed by atoms with Crippen LogP contribution in [0.25, 0.3) is 161 Å². The van der Waals surface area contributed by atoms with Crippen molar-refractivity contribution in [3.63, 3.8) is 0 Å². The van der Waals surface area contributed by atoms with Gasteiger partial charge in [0.15, 0.2) is 0 Å². The molecule has 24 aromatic rings. The first-order chi connectivity index (χ1) is 62.4. The molecule has 24 rings (SSSR count). The number of hydrogen-bond donors (Lipinski definition) is 0. The van der Waals surface area contributed by atoms with Gasteiger partial charge in [-0.2, -0.15) is 0 Å². The lowest BCUT2D eigenvalue weighted by molar-refractivity contribution is 1.27. The molecular formula is C120H78N4S2. The molecule has 0 fully saturated rings. The first-order valence-corrected chi connectivity index (χ1v) is 44.7. The van der Waals surface area contributed by atoms with Crippen molar-refractivity contribution in [3.8, 4) is 55.6 Å². The minimum absolute atomic E-state index is 1.05. The molecule has 0 saturated carbocycles. The second-order valence-electron chi connectivity index (χ2n) is 32.7. The van der Waals surface area contributed by atoms with Crippen LogP contribution in [0.4, 0.5) is 68.2 Å². The molecule has 2 heterocycles. The Bertz CT molecular complexity index is 8320. The van der Waals surface area contributed by atoms with Crippen LogP contribution in [0.2, 0.25) is 0 Å². The summed E-state index contributed by atoms with van der Waals surface area (Å²) >= 11 is 3.76. The topological polar surface area (TPSA) is 13.0 Å². The predicted molar refractivity (Wildman–Crippen MR) is 543 cm³/mol. The molecule has 590 valence electrons. The van der Waals surface area contributed by atoms with Gasteiger partial charge in [-0.05, 0) is 260 Å². The fourth-order valence-electron chi connectivity index (χ4n) is 19.2. The van der Waals surface area contributed by atoms with E-state index in [1.54, 1.807) is 0 Å². The molecule has 0 amide bonds. The van der Waals surface area contributed by atoms with Crippen LogP contribution in [-0.2, 0) is 0 Å². The van der Waals surface area contributed by atoms with Crippen molar-refractivity contribution < 1.29 is 0 Å². The van der Waals surface area contributed by atoms with Gasteiger partial charge in [-0.3, -0.25) is 0 Å². The van der Waals surface area contributed by atoms with Crippen LogP contribution in [0.1, 0.15) is 0 Å². The van der Waals surface area contributed by atoms with E-state index in [0.717, 1.165) is 112 Å². The molecule has 0 spiro atoms. The van der Waals surface area contributed by atoms with Gasteiger partial charge < -0.3 is 19.6 Å². The monoisotopic (exact) mass is 1640 g/mol. The van der Waals surface area contributed by atoms with Crippen molar-refractivity contribution in [3.05, 3.63) is 473 Å². The minimum Gasteiger partial charge on any atom is -0.310 e. The van der Waals surface area contributed by atoms with E-state index in [9.17, 15) is 0 Å². The quantitative estimate of drug-likeness (QED) is 0.0901. The van der Waals surface area contributed by atoms with Crippen LogP contribution >= 0.6 is 22.7 Å². The van der Waals surface area contributed by atoms with Crippen LogP contribution in [0.15, 0.2) is 473 Å². The zero-order valence-electron chi connectivity index (χ0n) is 68.6. The van der Waals surface area contributed by atoms with Crippen LogP contribution < -0.4 is 19.6 Å². The highest BCUT2D eigenvalue weighted by molar-refractivity contribution is 7.27. The molecule has 22 aromatic carbocycles. The van der Waals surface area contributed by atoms with E-state index in [1.807, 2.05) is 22.7 Å². The van der Waals surface area contributed by atoms with E-state index in [0.29, 0.717) is 0 Å². The Hall–Kier alpha value is -16.0. The van der Waals surface area contributed by atoms with Crippen LogP contribution in [-0.4, -0.2) is 0 Å². The maximum atomic E-state index is 2.49. The Morgan fingerprint density at radius 1 is 0.143 bits per heavy atom. The summed E-state index contributed by atoms with van der Waals surface area (Å²) in [6.07, 6.45) is 0. The molecule has 0 atom stereocenters. The van der Waals surface area contributed by atoms with Crippen LogP contribution in [0, 0.1) is 0 Å². The Morgan fingerprint density at radius 3 is 1.17 bits per heavy atom. The molecule has 2 aromatic heterocycles. The third kappa shape index (κ3) is 13.2. The second-order valence-corrected chi connectivity index (χ2v) is 34.8. The summed E-state index contributed by atoms with van der Waals surface area (Å²) in [4.78, 5) is 9.91. The lowest BCUT2D eigenvalue weighted by Crippen LogP contribution is -2.13. The second kappa shape index (κ2) is 31.2. The molecule has 126 heavy (non-hydrogen) atoms. The van der Waals surface area contributed by atoms with E-state index < -0.39 is 0 Å². The molecule has 6 heteroatoms. The van der Waals surface area contributed by atoms with Crippen molar-refractivity contribution in [2.24, 2.45) is 0 Å². The number of benzene rings is 22. The number of rotatable bonds is 17. The third-order valence-corrected chi connectivity index (χ3v) is 27.7. The van der Waals surface area contributed by atoms with E-state index in [4.69, 9.17) is 0 Å². The van der Waals surface area contributed by atoms with Crippen molar-refractivity contribution in [2.75, 3.05) is 19.6 Å². The van der Waals surface area contributed by atoms with E-state index in [1.165, 1.54) is 116 Å². The number of nitrogens with zero attached hydrogens (tertiary/aromatic N) is 4. The van der Waals surface area contributed by atoms with E-state index in [2.05, 4.69) is 493 Å². The molecular weight excluding hydrogens is 1560 g/mol. The van der Waals surface area contributed by atoms with Gasteiger partial charge in [0.25, 0.3) is 0 Å². The van der Waals surface area contributed by atoms with E-state index in [-0.39, 0.29) is 0 Å². The summed E-state index contributed by atoms with van der Waals surface area (Å²) in [7, 11) is 0. The minimum atomic E-state index is 1.05. The molecule has 0 aliphatic carbocycles. The summed E-state index contributed by atoms with van der Waals surface area (Å²) in [5.41, 5.74) is 24.5. The van der Waals surface area contributed by atoms with Gasteiger partial charge in [-0.1, -0.05) is 334 Å². The normalized spacial score (nSPS) is 11.7. The molecule has 0 unspecified atom stereocenters. The predicted octanol–water partition coefficient (Wildman–Crippen LogP) is 35.6. The Kier molecular flexibility index (Phi) is 18.3. The zero-order chi connectivity index (χ0) is 83.1. The van der Waals surface area contributed by atoms with Gasteiger partial charge in [0.2, 0.25) is 0 Å². The summed E-state index contributed by atoms with van der Waals surface area (Å²) in [5.74, 6) is 0. The van der Waals surface area contributed by atoms with E-state index >= 15 is 0 Å². The number of fused-ring (bicyclic) bond motifs is 14. The number of thiophene rings is 2. The molecule has 0 bridgehead atoms. The van der Waals surface area contributed by atoms with Gasteiger partial charge in [-0.25, -0.2) is 0 Å². The number of hydrogen-bond acceptors (Lipinski definition) is 6. The standard InChI is InChI=1S/C120H78N4S2/c1-7-26-79(27-8-1)81-54-60-98(61-55-81)121(99-62-56-80-28-19-20-35-89(80)69-99)103-75-112-109-65-58-88-34-22-24-44-108(88)118(109)126-119(112)114(77-103)123(96-39-15-5-16-40-96)100-63-57-84-50-51-90(68-94(84)72-100)82-46-48-83(49-47-82)91-52-53-93-71-102(74-111(110(93)73-91)86-31-11-3-12-32-86)122(95-37-13-4-14-38-95)104-76-113-117-107-43-23-21-33-87(107)59-67-116(117)125-120(113)115(78-104)124(97-41-17-6-18-42-97)101-64-66-106-92(70-101)36-25-45-105(106)85-29-9-2-10-30-85/h1-78H. The van der Waals surface area contributed by atoms with Crippen LogP contribution in [0.3, 0.4) is 0 Å². The third-order valence-electron chi connectivity index (χ3n) is 25.2. The first kappa shape index (κ1) is 73.9. The maximum absolute atomic E-state index is 2.49. The van der Waals surface area contributed by atoms with Gasteiger partial charge in [0, 0.05) is 87.8 Å². The summed E-state index contributed by atoms with van der Waals surface area (Å²) in [6.45, 7) is 0. The Labute approximate surface area is 738 Å². The fourth-order valence-corrected chi connectivity index (χ4v) is 21.7. The smallest absolute Gasteiger partial charge is 0.0661 e. The van der Waals surface area contributed by atoms with Crippen molar-refractivity contribution >= 4 is 196 Å². The number of para-hydroxylation sites is 3. The van der Waals surface area contributed by atoms with Gasteiger partial charge in [0.05, 0.1) is 20.8 Å². The van der Waals surface area contributed by atoms with Gasteiger partial charge in [0.1, 0.15) is 0 Å². The van der Waals surface area contributed by atoms with Crippen molar-refractivity contribution in [1.29, 1.82) is 0 Å². The fraction of sp³-hybridized carbons (Fsp3) is 0. The molecule has 0 N–H and O–H groups in total. The number of anilines is 12. The maximum Gasteiger partial charge on any atom is 0.0661 e. The van der Waals surface area contributed by atoms with Gasteiger partial charge in [-0.15, -0.1) is 22.7 Å². The average Bonchev–Trinajstić information content (AvgIpc) is 1.55. The molecule has 4 nitrogen and oxygen atoms in total. The Morgan fingerprint density at radius 2 is 0.524 bits per heavy atom. The highest BCUT2D eigenvalue weighted by Gasteiger charge is 2.28. The zero-order valence-corrected chi connectivity index (χ0v) is 70.3. The largest absolute Gasteiger partial charge is 0.310 e.